The number of aromatic nitrogens is 1. The molecule has 0 amide bonds. The van der Waals surface area contributed by atoms with Gasteiger partial charge in [0.2, 0.25) is 0 Å². The van der Waals surface area contributed by atoms with Crippen molar-refractivity contribution in [3.05, 3.63) is 11.1 Å². The molecule has 0 saturated carbocycles. The average Bonchev–Trinajstić information content (AvgIpc) is 2.88. The van der Waals surface area contributed by atoms with Gasteiger partial charge in [-0.1, -0.05) is 0 Å². The highest BCUT2D eigenvalue weighted by atomic mass is 32.1. The van der Waals surface area contributed by atoms with Gasteiger partial charge in [-0.3, -0.25) is 0 Å². The van der Waals surface area contributed by atoms with Crippen LogP contribution < -0.4 is 10.2 Å². The first-order valence-electron chi connectivity index (χ1n) is 6.73. The second-order valence-corrected chi connectivity index (χ2v) is 5.57. The van der Waals surface area contributed by atoms with Crippen molar-refractivity contribution in [2.75, 3.05) is 31.6 Å². The maximum atomic E-state index is 5.73. The predicted molar refractivity (Wildman–Crippen MR) is 76.4 cm³/mol. The highest BCUT2D eigenvalue weighted by molar-refractivity contribution is 7.13. The van der Waals surface area contributed by atoms with Gasteiger partial charge in [-0.2, -0.15) is 0 Å². The van der Waals surface area contributed by atoms with Crippen molar-refractivity contribution < 1.29 is 4.74 Å². The van der Waals surface area contributed by atoms with Crippen LogP contribution in [0.3, 0.4) is 0 Å². The number of thiazole rings is 1. The highest BCUT2D eigenvalue weighted by Gasteiger charge is 2.22. The first kappa shape index (κ1) is 13.8. The Morgan fingerprint density at radius 2 is 2.50 bits per heavy atom. The molecule has 0 spiro atoms. The van der Waals surface area contributed by atoms with Gasteiger partial charge in [0, 0.05) is 31.1 Å². The van der Waals surface area contributed by atoms with Crippen LogP contribution in [0.4, 0.5) is 5.13 Å². The summed E-state index contributed by atoms with van der Waals surface area (Å²) in [5.41, 5.74) is 1.14. The van der Waals surface area contributed by atoms with Crippen LogP contribution in [0.15, 0.2) is 5.38 Å². The van der Waals surface area contributed by atoms with Crippen molar-refractivity contribution in [1.82, 2.24) is 10.3 Å². The Balaban J connectivity index is 2.00. The maximum Gasteiger partial charge on any atom is 0.185 e. The Labute approximate surface area is 113 Å². The second-order valence-electron chi connectivity index (χ2n) is 4.73. The van der Waals surface area contributed by atoms with E-state index in [0.29, 0.717) is 12.1 Å². The van der Waals surface area contributed by atoms with E-state index < -0.39 is 0 Å². The summed E-state index contributed by atoms with van der Waals surface area (Å²) in [6.07, 6.45) is 2.74. The summed E-state index contributed by atoms with van der Waals surface area (Å²) in [6.45, 7) is 7.09. The average molecular weight is 269 g/mol. The van der Waals surface area contributed by atoms with Crippen LogP contribution in [0.5, 0.6) is 0 Å². The van der Waals surface area contributed by atoms with Crippen LogP contribution in [-0.4, -0.2) is 37.8 Å². The fraction of sp³-hybridized carbons (Fsp3) is 0.769. The van der Waals surface area contributed by atoms with Crippen LogP contribution in [0.25, 0.3) is 0 Å². The molecule has 1 aliphatic heterocycles. The maximum absolute atomic E-state index is 5.73. The van der Waals surface area contributed by atoms with Gasteiger partial charge >= 0.3 is 0 Å². The molecule has 2 rings (SSSR count). The molecule has 102 valence electrons. The van der Waals surface area contributed by atoms with Crippen molar-refractivity contribution in [1.29, 1.82) is 0 Å². The Bertz CT molecular complexity index is 367. The molecule has 1 saturated heterocycles. The Kier molecular flexibility index (Phi) is 4.97. The lowest BCUT2D eigenvalue weighted by atomic mass is 10.1. The molecule has 18 heavy (non-hydrogen) atoms. The van der Waals surface area contributed by atoms with E-state index in [0.717, 1.165) is 30.5 Å². The first-order chi connectivity index (χ1) is 8.74. The summed E-state index contributed by atoms with van der Waals surface area (Å²) in [4.78, 5) is 7.09. The molecule has 2 atom stereocenters. The molecule has 0 radical (unpaired) electrons. The number of rotatable bonds is 5. The van der Waals surface area contributed by atoms with E-state index in [1.165, 1.54) is 12.8 Å². The molecular weight excluding hydrogens is 246 g/mol. The van der Waals surface area contributed by atoms with E-state index in [-0.39, 0.29) is 0 Å². The minimum atomic E-state index is 0.322. The lowest BCUT2D eigenvalue weighted by Gasteiger charge is -2.32. The molecule has 1 N–H and O–H groups in total. The molecule has 0 aromatic carbocycles. The second kappa shape index (κ2) is 6.50. The lowest BCUT2D eigenvalue weighted by Crippen LogP contribution is -2.39. The largest absolute Gasteiger partial charge is 0.377 e. The van der Waals surface area contributed by atoms with Crippen molar-refractivity contribution in [2.45, 2.75) is 38.8 Å². The van der Waals surface area contributed by atoms with E-state index in [1.807, 2.05) is 7.05 Å². The van der Waals surface area contributed by atoms with Crippen LogP contribution in [0.1, 0.15) is 38.4 Å². The SMILES string of the molecule is CCOC1CCCN(c2nc(C(C)NC)cs2)C1. The standard InChI is InChI=1S/C13H23N3OS/c1-4-17-11-6-5-7-16(8-11)13-15-12(9-18-13)10(2)14-3/h9-11,14H,4-8H2,1-3H3. The minimum absolute atomic E-state index is 0.322. The minimum Gasteiger partial charge on any atom is -0.377 e. The van der Waals surface area contributed by atoms with E-state index >= 15 is 0 Å². The van der Waals surface area contributed by atoms with Gasteiger partial charge in [0.1, 0.15) is 0 Å². The van der Waals surface area contributed by atoms with Gasteiger partial charge in [0.25, 0.3) is 0 Å². The highest BCUT2D eigenvalue weighted by Crippen LogP contribution is 2.27. The van der Waals surface area contributed by atoms with Gasteiger partial charge in [-0.25, -0.2) is 4.98 Å². The monoisotopic (exact) mass is 269 g/mol. The lowest BCUT2D eigenvalue weighted by molar-refractivity contribution is 0.0526. The zero-order chi connectivity index (χ0) is 13.0. The number of ether oxygens (including phenoxy) is 1. The van der Waals surface area contributed by atoms with Crippen molar-refractivity contribution in [3.8, 4) is 0 Å². The summed E-state index contributed by atoms with van der Waals surface area (Å²) < 4.78 is 5.73. The van der Waals surface area contributed by atoms with Crippen LogP contribution in [0.2, 0.25) is 0 Å². The van der Waals surface area contributed by atoms with Gasteiger partial charge in [0.15, 0.2) is 5.13 Å². The number of nitrogens with zero attached hydrogens (tertiary/aromatic N) is 2. The summed E-state index contributed by atoms with van der Waals surface area (Å²) in [5, 5.41) is 6.52. The van der Waals surface area contributed by atoms with E-state index in [2.05, 4.69) is 29.4 Å². The summed E-state index contributed by atoms with van der Waals surface area (Å²) >= 11 is 1.74. The molecule has 5 heteroatoms. The summed E-state index contributed by atoms with van der Waals surface area (Å²) in [6, 6.07) is 0.322. The molecule has 1 aliphatic rings. The van der Waals surface area contributed by atoms with E-state index in [9.17, 15) is 0 Å². The Morgan fingerprint density at radius 3 is 3.22 bits per heavy atom. The molecular formula is C13H23N3OS. The van der Waals surface area contributed by atoms with Crippen molar-refractivity contribution in [3.63, 3.8) is 0 Å². The molecule has 1 aromatic rings. The smallest absolute Gasteiger partial charge is 0.185 e. The quantitative estimate of drug-likeness (QED) is 0.891. The van der Waals surface area contributed by atoms with Crippen molar-refractivity contribution >= 4 is 16.5 Å². The summed E-state index contributed by atoms with van der Waals surface area (Å²) in [5.74, 6) is 0. The van der Waals surface area contributed by atoms with Crippen LogP contribution in [-0.2, 0) is 4.74 Å². The van der Waals surface area contributed by atoms with Gasteiger partial charge in [0.05, 0.1) is 11.8 Å². The number of piperidine rings is 1. The van der Waals surface area contributed by atoms with E-state index in [1.54, 1.807) is 11.3 Å². The molecule has 4 nitrogen and oxygen atoms in total. The topological polar surface area (TPSA) is 37.4 Å². The molecule has 0 aliphatic carbocycles. The fourth-order valence-corrected chi connectivity index (χ4v) is 3.21. The molecule has 2 heterocycles. The van der Waals surface area contributed by atoms with Crippen LogP contribution >= 0.6 is 11.3 Å². The van der Waals surface area contributed by atoms with Gasteiger partial charge in [-0.05, 0) is 33.7 Å². The fourth-order valence-electron chi connectivity index (χ4n) is 2.25. The van der Waals surface area contributed by atoms with Gasteiger partial charge in [-0.15, -0.1) is 11.3 Å². The Hall–Kier alpha value is -0.650. The molecule has 0 bridgehead atoms. The molecule has 1 aromatic heterocycles. The zero-order valence-corrected chi connectivity index (χ0v) is 12.3. The third kappa shape index (κ3) is 3.22. The van der Waals surface area contributed by atoms with E-state index in [4.69, 9.17) is 9.72 Å². The normalized spacial score (nSPS) is 22.2. The summed E-state index contributed by atoms with van der Waals surface area (Å²) in [7, 11) is 1.97. The third-order valence-electron chi connectivity index (χ3n) is 3.44. The zero-order valence-electron chi connectivity index (χ0n) is 11.5. The third-order valence-corrected chi connectivity index (χ3v) is 4.36. The number of hydrogen-bond donors (Lipinski definition) is 1. The number of hydrogen-bond acceptors (Lipinski definition) is 5. The Morgan fingerprint density at radius 1 is 1.67 bits per heavy atom. The predicted octanol–water partition coefficient (Wildman–Crippen LogP) is 2.43. The number of anilines is 1. The van der Waals surface area contributed by atoms with Gasteiger partial charge < -0.3 is 15.0 Å². The van der Waals surface area contributed by atoms with Crippen LogP contribution in [0, 0.1) is 0 Å². The number of nitrogens with one attached hydrogen (secondary N) is 1. The molecule has 2 unspecified atom stereocenters. The first-order valence-corrected chi connectivity index (χ1v) is 7.61. The molecule has 1 fully saturated rings. The van der Waals surface area contributed by atoms with Crippen molar-refractivity contribution in [2.24, 2.45) is 0 Å².